The maximum atomic E-state index is 12.8. The third kappa shape index (κ3) is 8.33. The van der Waals surface area contributed by atoms with Crippen molar-refractivity contribution in [3.63, 3.8) is 0 Å². The molecule has 0 bridgehead atoms. The number of hydrogen-bond acceptors (Lipinski definition) is 6. The summed E-state index contributed by atoms with van der Waals surface area (Å²) >= 11 is 0. The van der Waals surface area contributed by atoms with E-state index in [1.165, 1.54) is 13.1 Å². The topological polar surface area (TPSA) is 115 Å². The summed E-state index contributed by atoms with van der Waals surface area (Å²) in [7, 11) is 0. The Morgan fingerprint density at radius 2 is 1.81 bits per heavy atom. The van der Waals surface area contributed by atoms with Crippen LogP contribution in [0.5, 0.6) is 0 Å². The molecule has 0 spiro atoms. The van der Waals surface area contributed by atoms with Gasteiger partial charge in [0.1, 0.15) is 5.56 Å². The molecular weight excluding hydrogens is 540 g/mol. The molecule has 4 rings (SSSR count). The summed E-state index contributed by atoms with van der Waals surface area (Å²) in [6.45, 7) is 10.9. The number of benzene rings is 2. The summed E-state index contributed by atoms with van der Waals surface area (Å²) in [4.78, 5) is 29.1. The molecular formula is C34H42N6O3. The highest BCUT2D eigenvalue weighted by molar-refractivity contribution is 5.96. The number of hydrogen-bond donors (Lipinski definition) is 2. The summed E-state index contributed by atoms with van der Waals surface area (Å²) in [6.07, 6.45) is 4.24. The maximum Gasteiger partial charge on any atom is 0.257 e. The van der Waals surface area contributed by atoms with Crippen LogP contribution in [-0.4, -0.2) is 48.4 Å². The van der Waals surface area contributed by atoms with Crippen LogP contribution in [-0.2, 0) is 17.9 Å². The average molecular weight is 583 g/mol. The molecule has 0 saturated carbocycles. The number of anilines is 1. The van der Waals surface area contributed by atoms with Crippen molar-refractivity contribution in [3.8, 4) is 6.07 Å². The first-order valence-corrected chi connectivity index (χ1v) is 15.0. The van der Waals surface area contributed by atoms with Gasteiger partial charge < -0.3 is 25.6 Å². The molecule has 1 atom stereocenters. The molecule has 0 aliphatic carbocycles. The lowest BCUT2D eigenvalue weighted by Gasteiger charge is -2.42. The highest BCUT2D eigenvalue weighted by Gasteiger charge is 2.28. The first-order valence-electron chi connectivity index (χ1n) is 15.0. The largest absolute Gasteiger partial charge is 0.618 e. The first-order chi connectivity index (χ1) is 20.7. The van der Waals surface area contributed by atoms with Crippen LogP contribution < -0.4 is 20.3 Å². The lowest BCUT2D eigenvalue weighted by atomic mass is 9.98. The van der Waals surface area contributed by atoms with Crippen molar-refractivity contribution in [2.75, 3.05) is 24.5 Å². The van der Waals surface area contributed by atoms with Gasteiger partial charge in [-0.05, 0) is 74.1 Å². The van der Waals surface area contributed by atoms with E-state index >= 15 is 0 Å². The Morgan fingerprint density at radius 3 is 2.49 bits per heavy atom. The summed E-state index contributed by atoms with van der Waals surface area (Å²) < 4.78 is 0.735. The molecule has 2 heterocycles. The maximum absolute atomic E-state index is 12.8. The van der Waals surface area contributed by atoms with Crippen LogP contribution in [0.1, 0.15) is 71.4 Å². The minimum Gasteiger partial charge on any atom is -0.618 e. The molecule has 1 fully saturated rings. The fourth-order valence-corrected chi connectivity index (χ4v) is 5.82. The van der Waals surface area contributed by atoms with Gasteiger partial charge in [-0.15, -0.1) is 0 Å². The Hall–Kier alpha value is -4.42. The Balaban J connectivity index is 1.37. The molecule has 43 heavy (non-hydrogen) atoms. The third-order valence-corrected chi connectivity index (χ3v) is 8.40. The highest BCUT2D eigenvalue weighted by atomic mass is 16.5. The molecule has 9 nitrogen and oxygen atoms in total. The second-order valence-electron chi connectivity index (χ2n) is 11.5. The van der Waals surface area contributed by atoms with Gasteiger partial charge in [-0.3, -0.25) is 9.59 Å². The van der Waals surface area contributed by atoms with E-state index in [-0.39, 0.29) is 11.8 Å². The molecule has 0 radical (unpaired) electrons. The van der Waals surface area contributed by atoms with Crippen LogP contribution in [0.4, 0.5) is 5.69 Å². The molecule has 1 aliphatic rings. The van der Waals surface area contributed by atoms with Crippen molar-refractivity contribution >= 4 is 17.5 Å². The summed E-state index contributed by atoms with van der Waals surface area (Å²) in [5.74, 6) is -0.255. The Labute approximate surface area is 254 Å². The molecule has 2 aromatic carbocycles. The number of amides is 2. The number of nitrogens with zero attached hydrogens (tertiary/aromatic N) is 4. The molecule has 1 aromatic heterocycles. The van der Waals surface area contributed by atoms with Gasteiger partial charge >= 0.3 is 0 Å². The molecule has 9 heteroatoms. The first kappa shape index (κ1) is 31.5. The molecule has 226 valence electrons. The number of aryl methyl sites for hydroxylation is 1. The fraction of sp³-hybridized carbons (Fsp3) is 0.412. The molecule has 1 saturated heterocycles. The van der Waals surface area contributed by atoms with Crippen molar-refractivity contribution in [1.29, 1.82) is 5.26 Å². The number of rotatable bonds is 11. The van der Waals surface area contributed by atoms with Gasteiger partial charge in [0, 0.05) is 70.4 Å². The molecule has 2 amide bonds. The highest BCUT2D eigenvalue weighted by Crippen LogP contribution is 2.28. The normalized spacial score (nSPS) is 14.5. The molecule has 2 N–H and O–H groups in total. The van der Waals surface area contributed by atoms with Crippen molar-refractivity contribution in [1.82, 2.24) is 15.5 Å². The number of carbonyl (C=O) groups is 2. The fourth-order valence-electron chi connectivity index (χ4n) is 5.82. The molecule has 1 aliphatic heterocycles. The van der Waals surface area contributed by atoms with Gasteiger partial charge in [0.2, 0.25) is 11.6 Å². The smallest absolute Gasteiger partial charge is 0.257 e. The summed E-state index contributed by atoms with van der Waals surface area (Å²) in [5.41, 5.74) is 5.58. The van der Waals surface area contributed by atoms with Gasteiger partial charge in [-0.2, -0.15) is 9.99 Å². The number of piperidine rings is 1. The number of nitriles is 1. The summed E-state index contributed by atoms with van der Waals surface area (Å²) in [6, 6.07) is 20.7. The standard InChI is InChI=1S/C34H42N6O3/c1-24-13-19-40(43)26(3)33(24)34(42)36-16-12-25(2)38-17-14-32(15-18-38)39(23-30-7-5-6-29(20-30)21-35)31-10-8-28(9-11-31)22-37-27(4)41/h5-11,13,19-20,25,32H,12,14-18,22-23H2,1-4H3,(H,36,42)(H,37,41). The van der Waals surface area contributed by atoms with Gasteiger partial charge in [0.25, 0.3) is 5.91 Å². The van der Waals surface area contributed by atoms with E-state index in [4.69, 9.17) is 0 Å². The predicted molar refractivity (Wildman–Crippen MR) is 167 cm³/mol. The second-order valence-corrected chi connectivity index (χ2v) is 11.5. The van der Waals surface area contributed by atoms with Gasteiger partial charge in [-0.1, -0.05) is 24.3 Å². The number of nitrogens with one attached hydrogen (secondary N) is 2. The monoisotopic (exact) mass is 582 g/mol. The van der Waals surface area contributed by atoms with Crippen LogP contribution >= 0.6 is 0 Å². The average Bonchev–Trinajstić information content (AvgIpc) is 3.01. The van der Waals surface area contributed by atoms with Crippen molar-refractivity contribution in [2.45, 2.75) is 72.1 Å². The lowest BCUT2D eigenvalue weighted by Crippen LogP contribution is -2.48. The van der Waals surface area contributed by atoms with Crippen LogP contribution in [0, 0.1) is 30.4 Å². The Kier molecular flexibility index (Phi) is 10.7. The lowest BCUT2D eigenvalue weighted by molar-refractivity contribution is -0.612. The predicted octanol–water partition coefficient (Wildman–Crippen LogP) is 4.12. The minimum absolute atomic E-state index is 0.0511. The van der Waals surface area contributed by atoms with E-state index in [1.807, 2.05) is 25.1 Å². The minimum atomic E-state index is -0.203. The third-order valence-electron chi connectivity index (χ3n) is 8.40. The zero-order valence-electron chi connectivity index (χ0n) is 25.6. The van der Waals surface area contributed by atoms with Gasteiger partial charge in [-0.25, -0.2) is 0 Å². The van der Waals surface area contributed by atoms with Crippen molar-refractivity contribution in [3.05, 3.63) is 99.5 Å². The number of carbonyl (C=O) groups excluding carboxylic acids is 2. The van der Waals surface area contributed by atoms with Crippen LogP contribution in [0.15, 0.2) is 60.8 Å². The van der Waals surface area contributed by atoms with E-state index in [2.05, 4.69) is 63.8 Å². The van der Waals surface area contributed by atoms with E-state index < -0.39 is 0 Å². The summed E-state index contributed by atoms with van der Waals surface area (Å²) in [5, 5.41) is 27.2. The number of aromatic nitrogens is 1. The quantitative estimate of drug-likeness (QED) is 0.260. The Bertz CT molecular complexity index is 1460. The van der Waals surface area contributed by atoms with Gasteiger partial charge in [0.15, 0.2) is 6.20 Å². The zero-order chi connectivity index (χ0) is 30.9. The second kappa shape index (κ2) is 14.7. The SMILES string of the molecule is CC(=O)NCc1ccc(N(Cc2cccc(C#N)c2)C2CCN(C(C)CCNC(=O)c3c(C)cc[n+]([O-])c3C)CC2)cc1. The van der Waals surface area contributed by atoms with Crippen molar-refractivity contribution < 1.29 is 14.3 Å². The van der Waals surface area contributed by atoms with Crippen LogP contribution in [0.25, 0.3) is 0 Å². The van der Waals surface area contributed by atoms with Crippen molar-refractivity contribution in [2.24, 2.45) is 0 Å². The van der Waals surface area contributed by atoms with Gasteiger partial charge in [0.05, 0.1) is 11.6 Å². The van der Waals surface area contributed by atoms with E-state index in [1.54, 1.807) is 13.0 Å². The molecule has 1 unspecified atom stereocenters. The number of likely N-dealkylation sites (tertiary alicyclic amines) is 1. The van der Waals surface area contributed by atoms with E-state index in [9.17, 15) is 20.1 Å². The van der Waals surface area contributed by atoms with E-state index in [0.29, 0.717) is 48.5 Å². The number of pyridine rings is 1. The Morgan fingerprint density at radius 1 is 1.09 bits per heavy atom. The zero-order valence-corrected chi connectivity index (χ0v) is 25.6. The van der Waals surface area contributed by atoms with Crippen LogP contribution in [0.2, 0.25) is 0 Å². The van der Waals surface area contributed by atoms with Crippen LogP contribution in [0.3, 0.4) is 0 Å². The van der Waals surface area contributed by atoms with E-state index in [0.717, 1.165) is 59.5 Å². The molecule has 3 aromatic rings.